The highest BCUT2D eigenvalue weighted by molar-refractivity contribution is 6.04. The number of hydrogen-bond acceptors (Lipinski definition) is 4. The van der Waals surface area contributed by atoms with Crippen molar-refractivity contribution in [3.8, 4) is 0 Å². The van der Waals surface area contributed by atoms with E-state index in [2.05, 4.69) is 16.9 Å². The molecule has 3 fully saturated rings. The molecular weight excluding hydrogens is 280 g/mol. The predicted molar refractivity (Wildman–Crippen MR) is 80.7 cm³/mol. The molecule has 3 saturated heterocycles. The van der Waals surface area contributed by atoms with Crippen molar-refractivity contribution in [2.45, 2.75) is 43.2 Å². The third kappa shape index (κ3) is 1.69. The summed E-state index contributed by atoms with van der Waals surface area (Å²) in [6, 6.07) is 8.62. The number of para-hydroxylation sites is 1. The number of esters is 1. The highest BCUT2D eigenvalue weighted by atomic mass is 16.6. The smallest absolute Gasteiger partial charge is 0.340 e. The zero-order valence-electron chi connectivity index (χ0n) is 12.4. The van der Waals surface area contributed by atoms with Crippen LogP contribution in [0.2, 0.25) is 0 Å². The maximum Gasteiger partial charge on any atom is 0.340 e. The first-order chi connectivity index (χ1) is 10.7. The van der Waals surface area contributed by atoms with Crippen LogP contribution < -0.4 is 0 Å². The topological polar surface area (TPSA) is 57.9 Å². The summed E-state index contributed by atoms with van der Waals surface area (Å²) in [5.41, 5.74) is 1.59. The molecule has 0 spiro atoms. The summed E-state index contributed by atoms with van der Waals surface area (Å²) in [7, 11) is 2.16. The standard InChI is InChI=1S/C17H18N2O3/c1-19-13-6-9(7-14(19)16-15(13)22-16)21-17(20)11-8-18-12-5-3-2-4-10(11)12/h2-5,8-9,13-16,18H,6-7H2,1H3/t9?,13-,14+,15-,16-/m1/s1. The molecule has 0 radical (unpaired) electrons. The van der Waals surface area contributed by atoms with Crippen LogP contribution in [0.25, 0.3) is 10.9 Å². The van der Waals surface area contributed by atoms with E-state index in [0.717, 1.165) is 23.7 Å². The van der Waals surface area contributed by atoms with E-state index in [1.165, 1.54) is 0 Å². The van der Waals surface area contributed by atoms with Gasteiger partial charge in [-0.2, -0.15) is 0 Å². The number of ether oxygens (including phenoxy) is 2. The summed E-state index contributed by atoms with van der Waals surface area (Å²) in [6.45, 7) is 0. The number of fused-ring (bicyclic) bond motifs is 6. The minimum Gasteiger partial charge on any atom is -0.459 e. The number of hydrogen-bond donors (Lipinski definition) is 1. The zero-order valence-corrected chi connectivity index (χ0v) is 12.4. The van der Waals surface area contributed by atoms with Crippen molar-refractivity contribution >= 4 is 16.9 Å². The minimum absolute atomic E-state index is 0.00348. The van der Waals surface area contributed by atoms with Crippen LogP contribution in [0.5, 0.6) is 0 Å². The van der Waals surface area contributed by atoms with E-state index in [4.69, 9.17) is 9.47 Å². The van der Waals surface area contributed by atoms with E-state index in [1.807, 2.05) is 24.3 Å². The van der Waals surface area contributed by atoms with Gasteiger partial charge in [0.15, 0.2) is 0 Å². The molecule has 0 amide bonds. The lowest BCUT2D eigenvalue weighted by molar-refractivity contribution is -0.0231. The Kier molecular flexibility index (Phi) is 2.50. The molecule has 3 aliphatic heterocycles. The molecule has 22 heavy (non-hydrogen) atoms. The summed E-state index contributed by atoms with van der Waals surface area (Å²) in [4.78, 5) is 18.0. The summed E-state index contributed by atoms with van der Waals surface area (Å²) in [6.07, 6.45) is 4.24. The Balaban J connectivity index is 1.35. The number of nitrogens with zero attached hydrogens (tertiary/aromatic N) is 1. The van der Waals surface area contributed by atoms with E-state index in [9.17, 15) is 4.79 Å². The normalized spacial score (nSPS) is 36.3. The number of H-pyrrole nitrogens is 1. The van der Waals surface area contributed by atoms with Gasteiger partial charge in [0.2, 0.25) is 0 Å². The van der Waals surface area contributed by atoms with Crippen molar-refractivity contribution < 1.29 is 14.3 Å². The van der Waals surface area contributed by atoms with Crippen molar-refractivity contribution in [2.24, 2.45) is 0 Å². The Hall–Kier alpha value is -1.85. The Morgan fingerprint density at radius 1 is 1.27 bits per heavy atom. The van der Waals surface area contributed by atoms with Gasteiger partial charge in [0.25, 0.3) is 0 Å². The molecule has 1 N–H and O–H groups in total. The lowest BCUT2D eigenvalue weighted by Crippen LogP contribution is -2.47. The number of morpholine rings is 1. The molecular formula is C17H18N2O3. The number of carbonyl (C=O) groups excluding carboxylic acids is 1. The summed E-state index contributed by atoms with van der Waals surface area (Å²) in [5, 5.41) is 0.926. The molecule has 5 rings (SSSR count). The van der Waals surface area contributed by atoms with Gasteiger partial charge in [0.1, 0.15) is 18.3 Å². The molecule has 5 heteroatoms. The summed E-state index contributed by atoms with van der Waals surface area (Å²) >= 11 is 0. The van der Waals surface area contributed by atoms with Gasteiger partial charge in [-0.15, -0.1) is 0 Å². The van der Waals surface area contributed by atoms with Crippen LogP contribution in [0.4, 0.5) is 0 Å². The van der Waals surface area contributed by atoms with Crippen LogP contribution >= 0.6 is 0 Å². The van der Waals surface area contributed by atoms with Gasteiger partial charge in [0.05, 0.1) is 5.56 Å². The Morgan fingerprint density at radius 3 is 2.77 bits per heavy atom. The molecule has 0 aliphatic carbocycles. The maximum atomic E-state index is 12.5. The van der Waals surface area contributed by atoms with E-state index in [0.29, 0.717) is 29.9 Å². The minimum atomic E-state index is -0.221. The number of rotatable bonds is 2. The van der Waals surface area contributed by atoms with Crippen LogP contribution in [-0.4, -0.2) is 53.3 Å². The molecule has 5 nitrogen and oxygen atoms in total. The molecule has 3 aliphatic rings. The van der Waals surface area contributed by atoms with Crippen LogP contribution in [-0.2, 0) is 9.47 Å². The van der Waals surface area contributed by atoms with Crippen LogP contribution in [0.3, 0.4) is 0 Å². The second kappa shape index (κ2) is 4.33. The fourth-order valence-corrected chi connectivity index (χ4v) is 4.25. The van der Waals surface area contributed by atoms with Crippen molar-refractivity contribution in [3.05, 3.63) is 36.0 Å². The molecule has 5 atom stereocenters. The highest BCUT2D eigenvalue weighted by Gasteiger charge is 2.62. The quantitative estimate of drug-likeness (QED) is 0.680. The van der Waals surface area contributed by atoms with Gasteiger partial charge in [-0.25, -0.2) is 4.79 Å². The maximum absolute atomic E-state index is 12.5. The van der Waals surface area contributed by atoms with Crippen LogP contribution in [0.15, 0.2) is 30.5 Å². The van der Waals surface area contributed by atoms with Gasteiger partial charge >= 0.3 is 5.97 Å². The van der Waals surface area contributed by atoms with Crippen molar-refractivity contribution in [1.29, 1.82) is 0 Å². The van der Waals surface area contributed by atoms with Gasteiger partial charge in [-0.1, -0.05) is 18.2 Å². The van der Waals surface area contributed by atoms with Gasteiger partial charge in [0, 0.05) is 42.0 Å². The number of aromatic nitrogens is 1. The number of piperidine rings is 1. The number of epoxide rings is 1. The van der Waals surface area contributed by atoms with Crippen LogP contribution in [0, 0.1) is 0 Å². The second-order valence-electron chi connectivity index (χ2n) is 6.61. The highest BCUT2D eigenvalue weighted by Crippen LogP contribution is 2.48. The first-order valence-corrected chi connectivity index (χ1v) is 7.87. The van der Waals surface area contributed by atoms with E-state index >= 15 is 0 Å². The number of aromatic amines is 1. The number of nitrogens with one attached hydrogen (secondary N) is 1. The van der Waals surface area contributed by atoms with Crippen molar-refractivity contribution in [1.82, 2.24) is 9.88 Å². The average Bonchev–Trinajstić information content (AvgIpc) is 3.15. The number of likely N-dealkylation sites (N-methyl/N-ethyl adjacent to an activating group) is 1. The number of carbonyl (C=O) groups is 1. The van der Waals surface area contributed by atoms with E-state index < -0.39 is 0 Å². The molecule has 2 bridgehead atoms. The molecule has 2 aromatic rings. The molecule has 1 unspecified atom stereocenters. The van der Waals surface area contributed by atoms with Gasteiger partial charge in [-0.05, 0) is 13.1 Å². The van der Waals surface area contributed by atoms with E-state index in [1.54, 1.807) is 6.20 Å². The predicted octanol–water partition coefficient (Wildman–Crippen LogP) is 1.94. The van der Waals surface area contributed by atoms with Crippen molar-refractivity contribution in [3.63, 3.8) is 0 Å². The van der Waals surface area contributed by atoms with Crippen molar-refractivity contribution in [2.75, 3.05) is 7.05 Å². The van der Waals surface area contributed by atoms with E-state index in [-0.39, 0.29) is 12.1 Å². The fourth-order valence-electron chi connectivity index (χ4n) is 4.25. The Morgan fingerprint density at radius 2 is 2.00 bits per heavy atom. The molecule has 4 heterocycles. The largest absolute Gasteiger partial charge is 0.459 e. The third-order valence-electron chi connectivity index (χ3n) is 5.46. The SMILES string of the molecule is CN1[C@@H]2CC(OC(=O)c3c[nH]c4ccccc34)C[C@H]1[C@H]1O[C@@H]12. The summed E-state index contributed by atoms with van der Waals surface area (Å²) < 4.78 is 11.5. The van der Waals surface area contributed by atoms with Gasteiger partial charge in [-0.3, -0.25) is 4.90 Å². The summed E-state index contributed by atoms with van der Waals surface area (Å²) in [5.74, 6) is -0.221. The Labute approximate surface area is 128 Å². The first kappa shape index (κ1) is 12.7. The van der Waals surface area contributed by atoms with Crippen LogP contribution in [0.1, 0.15) is 23.2 Å². The molecule has 1 aromatic heterocycles. The fraction of sp³-hybridized carbons (Fsp3) is 0.471. The molecule has 1 aromatic carbocycles. The zero-order chi connectivity index (χ0) is 14.8. The monoisotopic (exact) mass is 298 g/mol. The lowest BCUT2D eigenvalue weighted by atomic mass is 9.99. The average molecular weight is 298 g/mol. The molecule has 0 saturated carbocycles. The lowest BCUT2D eigenvalue weighted by Gasteiger charge is -2.37. The Bertz CT molecular complexity index is 737. The molecule has 114 valence electrons. The second-order valence-corrected chi connectivity index (χ2v) is 6.61. The number of benzene rings is 1. The first-order valence-electron chi connectivity index (χ1n) is 7.87. The third-order valence-corrected chi connectivity index (χ3v) is 5.46. The van der Waals surface area contributed by atoms with Gasteiger partial charge < -0.3 is 14.5 Å².